The van der Waals surface area contributed by atoms with Gasteiger partial charge in [-0.3, -0.25) is 0 Å². The number of aryl methyl sites for hydroxylation is 1. The van der Waals surface area contributed by atoms with Crippen molar-refractivity contribution in [2.45, 2.75) is 16.7 Å². The summed E-state index contributed by atoms with van der Waals surface area (Å²) in [4.78, 5) is 2.38. The van der Waals surface area contributed by atoms with Crippen molar-refractivity contribution in [2.24, 2.45) is 0 Å². The van der Waals surface area contributed by atoms with Gasteiger partial charge in [0.2, 0.25) is 0 Å². The Bertz CT molecular complexity index is 935. The molecule has 3 aromatic rings. The zero-order valence-electron chi connectivity index (χ0n) is 13.7. The van der Waals surface area contributed by atoms with Crippen molar-refractivity contribution >= 4 is 35.0 Å². The lowest BCUT2D eigenvalue weighted by molar-refractivity contribution is 1.36. The Labute approximate surface area is 157 Å². The average molecular weight is 362 g/mol. The normalized spacial score (nSPS) is 11.2. The Morgan fingerprint density at radius 3 is 2.20 bits per heavy atom. The quantitative estimate of drug-likeness (QED) is 0.374. The van der Waals surface area contributed by atoms with Gasteiger partial charge in [-0.2, -0.15) is 5.26 Å². The second-order valence-corrected chi connectivity index (χ2v) is 7.25. The fraction of sp³-hybridized carbons (Fsp3) is 0.0455. The van der Waals surface area contributed by atoms with E-state index in [1.54, 1.807) is 23.9 Å². The second kappa shape index (κ2) is 8.07. The summed E-state index contributed by atoms with van der Waals surface area (Å²) in [6, 6.07) is 26.3. The van der Waals surface area contributed by atoms with E-state index >= 15 is 0 Å². The predicted molar refractivity (Wildman–Crippen MR) is 107 cm³/mol. The summed E-state index contributed by atoms with van der Waals surface area (Å²) in [6.45, 7) is 2.09. The van der Waals surface area contributed by atoms with E-state index in [1.807, 2.05) is 30.3 Å². The summed E-state index contributed by atoms with van der Waals surface area (Å²) in [7, 11) is 0. The monoisotopic (exact) mass is 361 g/mol. The van der Waals surface area contributed by atoms with E-state index in [2.05, 4.69) is 49.4 Å². The molecule has 0 amide bonds. The van der Waals surface area contributed by atoms with Gasteiger partial charge in [-0.1, -0.05) is 65.3 Å². The highest BCUT2D eigenvalue weighted by Crippen LogP contribution is 2.28. The lowest BCUT2D eigenvalue weighted by Crippen LogP contribution is -1.82. The first-order chi connectivity index (χ1) is 12.1. The van der Waals surface area contributed by atoms with Gasteiger partial charge in [0, 0.05) is 14.8 Å². The van der Waals surface area contributed by atoms with Crippen LogP contribution in [0, 0.1) is 18.3 Å². The van der Waals surface area contributed by atoms with Crippen molar-refractivity contribution in [3.05, 3.63) is 94.5 Å². The molecule has 0 saturated carbocycles. The summed E-state index contributed by atoms with van der Waals surface area (Å²) in [5.74, 6) is 0. The molecular formula is C22H16ClNS. The molecule has 0 bridgehead atoms. The van der Waals surface area contributed by atoms with Crippen LogP contribution in [0.25, 0.3) is 11.6 Å². The van der Waals surface area contributed by atoms with E-state index < -0.39 is 0 Å². The van der Waals surface area contributed by atoms with Gasteiger partial charge in [0.25, 0.3) is 0 Å². The molecule has 0 aliphatic heterocycles. The van der Waals surface area contributed by atoms with Crippen LogP contribution in [0.4, 0.5) is 0 Å². The topological polar surface area (TPSA) is 23.8 Å². The third kappa shape index (κ3) is 4.76. The van der Waals surface area contributed by atoms with Gasteiger partial charge in [0.05, 0.1) is 11.6 Å². The van der Waals surface area contributed by atoms with Crippen LogP contribution in [-0.4, -0.2) is 0 Å². The number of nitriles is 1. The van der Waals surface area contributed by atoms with Crippen molar-refractivity contribution in [3.63, 3.8) is 0 Å². The van der Waals surface area contributed by atoms with Crippen molar-refractivity contribution < 1.29 is 0 Å². The van der Waals surface area contributed by atoms with Crippen molar-refractivity contribution in [2.75, 3.05) is 0 Å². The summed E-state index contributed by atoms with van der Waals surface area (Å²) in [5, 5.41) is 10.1. The van der Waals surface area contributed by atoms with Crippen LogP contribution in [0.1, 0.15) is 16.7 Å². The van der Waals surface area contributed by atoms with Gasteiger partial charge in [0.1, 0.15) is 0 Å². The molecule has 122 valence electrons. The second-order valence-electron chi connectivity index (χ2n) is 5.66. The Balaban J connectivity index is 1.79. The molecule has 0 spiro atoms. The van der Waals surface area contributed by atoms with E-state index in [-0.39, 0.29) is 0 Å². The predicted octanol–water partition coefficient (Wildman–Crippen LogP) is 6.86. The number of halogens is 1. The highest BCUT2D eigenvalue weighted by molar-refractivity contribution is 7.99. The average Bonchev–Trinajstić information content (AvgIpc) is 2.63. The minimum absolute atomic E-state index is 0.599. The van der Waals surface area contributed by atoms with Gasteiger partial charge < -0.3 is 0 Å². The van der Waals surface area contributed by atoms with Gasteiger partial charge in [-0.05, 0) is 60.5 Å². The molecule has 3 rings (SSSR count). The third-order valence-electron chi connectivity index (χ3n) is 3.70. The standard InChI is InChI=1S/C22H16ClNS/c1-16-5-9-21(10-6-16)25-22-11-7-17(8-12-22)13-19(15-24)18-3-2-4-20(23)14-18/h2-14H,1H3/b19-13-. The van der Waals surface area contributed by atoms with E-state index in [0.717, 1.165) is 11.1 Å². The zero-order chi connectivity index (χ0) is 17.6. The molecular weight excluding hydrogens is 346 g/mol. The number of hydrogen-bond acceptors (Lipinski definition) is 2. The van der Waals surface area contributed by atoms with Gasteiger partial charge in [-0.25, -0.2) is 0 Å². The summed E-state index contributed by atoms with van der Waals surface area (Å²) >= 11 is 7.74. The molecule has 3 aromatic carbocycles. The Hall–Kier alpha value is -2.47. The lowest BCUT2D eigenvalue weighted by Gasteiger charge is -2.04. The first-order valence-electron chi connectivity index (χ1n) is 7.86. The largest absolute Gasteiger partial charge is 0.192 e. The number of hydrogen-bond donors (Lipinski definition) is 0. The molecule has 0 aliphatic rings. The lowest BCUT2D eigenvalue weighted by atomic mass is 10.0. The number of nitrogens with zero attached hydrogens (tertiary/aromatic N) is 1. The van der Waals surface area contributed by atoms with E-state index in [0.29, 0.717) is 10.6 Å². The smallest absolute Gasteiger partial charge is 0.0998 e. The van der Waals surface area contributed by atoms with Crippen LogP contribution in [0.3, 0.4) is 0 Å². The van der Waals surface area contributed by atoms with E-state index in [1.165, 1.54) is 15.4 Å². The van der Waals surface area contributed by atoms with Gasteiger partial charge in [0.15, 0.2) is 0 Å². The third-order valence-corrected chi connectivity index (χ3v) is 4.95. The van der Waals surface area contributed by atoms with Crippen LogP contribution in [0.15, 0.2) is 82.6 Å². The molecule has 0 atom stereocenters. The fourth-order valence-corrected chi connectivity index (χ4v) is 3.38. The van der Waals surface area contributed by atoms with Crippen LogP contribution < -0.4 is 0 Å². The summed E-state index contributed by atoms with van der Waals surface area (Å²) in [5.41, 5.74) is 3.68. The first kappa shape index (κ1) is 17.4. The maximum Gasteiger partial charge on any atom is 0.0998 e. The molecule has 0 aliphatic carbocycles. The van der Waals surface area contributed by atoms with E-state index in [4.69, 9.17) is 11.6 Å². The molecule has 3 heteroatoms. The molecule has 0 unspecified atom stereocenters. The molecule has 1 nitrogen and oxygen atoms in total. The number of rotatable bonds is 4. The molecule has 0 aromatic heterocycles. The summed E-state index contributed by atoms with van der Waals surface area (Å²) in [6.07, 6.45) is 1.88. The van der Waals surface area contributed by atoms with Crippen molar-refractivity contribution in [1.29, 1.82) is 5.26 Å². The van der Waals surface area contributed by atoms with Crippen molar-refractivity contribution in [1.82, 2.24) is 0 Å². The first-order valence-corrected chi connectivity index (χ1v) is 9.06. The molecule has 0 heterocycles. The molecule has 0 fully saturated rings. The highest BCUT2D eigenvalue weighted by Gasteiger charge is 2.03. The van der Waals surface area contributed by atoms with Crippen LogP contribution >= 0.6 is 23.4 Å². The zero-order valence-corrected chi connectivity index (χ0v) is 15.3. The number of benzene rings is 3. The molecule has 0 N–H and O–H groups in total. The number of allylic oxidation sites excluding steroid dienone is 1. The molecule has 25 heavy (non-hydrogen) atoms. The van der Waals surface area contributed by atoms with Gasteiger partial charge in [-0.15, -0.1) is 0 Å². The van der Waals surface area contributed by atoms with Gasteiger partial charge >= 0.3 is 0 Å². The molecule has 0 saturated heterocycles. The Morgan fingerprint density at radius 1 is 0.960 bits per heavy atom. The Kier molecular flexibility index (Phi) is 5.60. The highest BCUT2D eigenvalue weighted by atomic mass is 35.5. The fourth-order valence-electron chi connectivity index (χ4n) is 2.38. The van der Waals surface area contributed by atoms with Crippen molar-refractivity contribution in [3.8, 4) is 6.07 Å². The summed E-state index contributed by atoms with van der Waals surface area (Å²) < 4.78 is 0. The maximum absolute atomic E-state index is 9.44. The SMILES string of the molecule is Cc1ccc(Sc2ccc(/C=C(/C#N)c3cccc(Cl)c3)cc2)cc1. The van der Waals surface area contributed by atoms with Crippen LogP contribution in [0.5, 0.6) is 0 Å². The Morgan fingerprint density at radius 2 is 1.60 bits per heavy atom. The molecule has 0 radical (unpaired) electrons. The maximum atomic E-state index is 9.44. The minimum Gasteiger partial charge on any atom is -0.192 e. The van der Waals surface area contributed by atoms with E-state index in [9.17, 15) is 5.26 Å². The van der Waals surface area contributed by atoms with Crippen LogP contribution in [0.2, 0.25) is 5.02 Å². The minimum atomic E-state index is 0.599. The van der Waals surface area contributed by atoms with Crippen LogP contribution in [-0.2, 0) is 0 Å².